The fraction of sp³-hybridized carbons (Fsp3) is 0.389. The number of aryl methyl sites for hydroxylation is 2. The van der Waals surface area contributed by atoms with Gasteiger partial charge in [0.2, 0.25) is 5.91 Å². The number of thiazole rings is 1. The third kappa shape index (κ3) is 6.19. The number of nitrogens with one attached hydrogen (secondary N) is 3. The highest BCUT2D eigenvalue weighted by atomic mass is 32.1. The molecule has 3 N–H and O–H groups in total. The third-order valence-electron chi connectivity index (χ3n) is 3.62. The summed E-state index contributed by atoms with van der Waals surface area (Å²) in [5.74, 6) is 0.462. The Morgan fingerprint density at radius 2 is 2.08 bits per heavy atom. The lowest BCUT2D eigenvalue weighted by molar-refractivity contribution is -0.115. The Hall–Kier alpha value is -2.41. The van der Waals surface area contributed by atoms with E-state index in [1.54, 1.807) is 18.4 Å². The van der Waals surface area contributed by atoms with Crippen molar-refractivity contribution in [1.82, 2.24) is 15.6 Å². The zero-order chi connectivity index (χ0) is 18.1. The molecule has 0 atom stereocenters. The predicted molar refractivity (Wildman–Crippen MR) is 104 cm³/mol. The summed E-state index contributed by atoms with van der Waals surface area (Å²) in [7, 11) is 1.68. The SMILES string of the molecule is CCc1cccc(NC(=O)CNC(=NC)NCc2ncc(CC)s2)c1. The Morgan fingerprint density at radius 1 is 1.24 bits per heavy atom. The number of carbonyl (C=O) groups is 1. The number of carbonyl (C=O) groups excluding carboxylic acids is 1. The van der Waals surface area contributed by atoms with Gasteiger partial charge < -0.3 is 16.0 Å². The minimum Gasteiger partial charge on any atom is -0.350 e. The van der Waals surface area contributed by atoms with Gasteiger partial charge in [0.05, 0.1) is 13.1 Å². The second-order valence-electron chi connectivity index (χ2n) is 5.46. The fourth-order valence-electron chi connectivity index (χ4n) is 2.21. The van der Waals surface area contributed by atoms with Crippen LogP contribution in [0.25, 0.3) is 0 Å². The summed E-state index contributed by atoms with van der Waals surface area (Å²) in [6, 6.07) is 7.86. The van der Waals surface area contributed by atoms with E-state index in [0.717, 1.165) is 23.5 Å². The number of guanidine groups is 1. The molecule has 1 amide bonds. The number of rotatable bonds is 7. The molecule has 0 bridgehead atoms. The zero-order valence-electron chi connectivity index (χ0n) is 14.9. The zero-order valence-corrected chi connectivity index (χ0v) is 15.7. The topological polar surface area (TPSA) is 78.4 Å². The molecule has 0 saturated carbocycles. The molecule has 0 unspecified atom stereocenters. The number of anilines is 1. The number of aliphatic imine (C=N–C) groups is 1. The van der Waals surface area contributed by atoms with Crippen molar-refractivity contribution in [3.8, 4) is 0 Å². The molecule has 1 aromatic heterocycles. The van der Waals surface area contributed by atoms with Crippen LogP contribution in [-0.2, 0) is 24.2 Å². The van der Waals surface area contributed by atoms with Crippen LogP contribution in [0.5, 0.6) is 0 Å². The van der Waals surface area contributed by atoms with Crippen LogP contribution in [0.2, 0.25) is 0 Å². The first kappa shape index (κ1) is 18.9. The van der Waals surface area contributed by atoms with Crippen LogP contribution in [0.15, 0.2) is 35.5 Å². The van der Waals surface area contributed by atoms with Gasteiger partial charge >= 0.3 is 0 Å². The van der Waals surface area contributed by atoms with Gasteiger partial charge in [-0.1, -0.05) is 26.0 Å². The van der Waals surface area contributed by atoms with Crippen LogP contribution in [-0.4, -0.2) is 30.4 Å². The lowest BCUT2D eigenvalue weighted by atomic mass is 10.1. The molecule has 2 aromatic rings. The largest absolute Gasteiger partial charge is 0.350 e. The van der Waals surface area contributed by atoms with Gasteiger partial charge in [0, 0.05) is 23.8 Å². The molecule has 0 aliphatic heterocycles. The Labute approximate surface area is 152 Å². The molecule has 0 spiro atoms. The van der Waals surface area contributed by atoms with Crippen molar-refractivity contribution in [2.24, 2.45) is 4.99 Å². The van der Waals surface area contributed by atoms with E-state index in [1.165, 1.54) is 10.4 Å². The molecule has 6 nitrogen and oxygen atoms in total. The molecule has 1 aromatic carbocycles. The van der Waals surface area contributed by atoms with Crippen molar-refractivity contribution in [3.05, 3.63) is 45.9 Å². The van der Waals surface area contributed by atoms with Gasteiger partial charge in [0.25, 0.3) is 0 Å². The van der Waals surface area contributed by atoms with E-state index in [0.29, 0.717) is 12.5 Å². The summed E-state index contributed by atoms with van der Waals surface area (Å²) in [6.45, 7) is 4.93. The van der Waals surface area contributed by atoms with Gasteiger partial charge in [-0.2, -0.15) is 0 Å². The minimum atomic E-state index is -0.112. The van der Waals surface area contributed by atoms with Crippen molar-refractivity contribution >= 4 is 28.9 Å². The molecule has 2 rings (SSSR count). The molecule has 25 heavy (non-hydrogen) atoms. The normalized spacial score (nSPS) is 11.2. The average Bonchev–Trinajstić information content (AvgIpc) is 3.10. The monoisotopic (exact) mass is 359 g/mol. The second-order valence-corrected chi connectivity index (χ2v) is 6.66. The van der Waals surface area contributed by atoms with Gasteiger partial charge in [0.1, 0.15) is 5.01 Å². The summed E-state index contributed by atoms with van der Waals surface area (Å²) >= 11 is 1.68. The standard InChI is InChI=1S/C18H25N5OS/c1-4-13-7-6-8-14(9-13)23-16(24)11-21-18(19-3)22-12-17-20-10-15(5-2)25-17/h6-10H,4-5,11-12H2,1-3H3,(H,23,24)(H2,19,21,22). The van der Waals surface area contributed by atoms with Crippen molar-refractivity contribution in [1.29, 1.82) is 0 Å². The summed E-state index contributed by atoms with van der Waals surface area (Å²) in [5, 5.41) is 10.1. The quantitative estimate of drug-likeness (QED) is 0.524. The first-order chi connectivity index (χ1) is 12.1. The summed E-state index contributed by atoms with van der Waals surface area (Å²) in [5.41, 5.74) is 2.00. The van der Waals surface area contributed by atoms with Crippen molar-refractivity contribution in [2.45, 2.75) is 33.2 Å². The van der Waals surface area contributed by atoms with Gasteiger partial charge in [0.15, 0.2) is 5.96 Å². The summed E-state index contributed by atoms with van der Waals surface area (Å²) in [6.07, 6.45) is 3.83. The number of amides is 1. The smallest absolute Gasteiger partial charge is 0.243 e. The van der Waals surface area contributed by atoms with E-state index >= 15 is 0 Å². The maximum absolute atomic E-state index is 12.1. The molecular formula is C18H25N5OS. The number of nitrogens with zero attached hydrogens (tertiary/aromatic N) is 2. The molecule has 0 fully saturated rings. The van der Waals surface area contributed by atoms with E-state index in [1.807, 2.05) is 30.5 Å². The van der Waals surface area contributed by atoms with Gasteiger partial charge in [-0.15, -0.1) is 11.3 Å². The predicted octanol–water partition coefficient (Wildman–Crippen LogP) is 2.57. The molecule has 1 heterocycles. The molecule has 0 saturated heterocycles. The van der Waals surface area contributed by atoms with Gasteiger partial charge in [-0.3, -0.25) is 9.79 Å². The van der Waals surface area contributed by atoms with Crippen LogP contribution in [0.1, 0.15) is 29.3 Å². The Bertz CT molecular complexity index is 726. The third-order valence-corrected chi connectivity index (χ3v) is 4.76. The van der Waals surface area contributed by atoms with Crippen molar-refractivity contribution in [3.63, 3.8) is 0 Å². The number of benzene rings is 1. The van der Waals surface area contributed by atoms with Crippen LogP contribution in [0.3, 0.4) is 0 Å². The number of hydrogen-bond donors (Lipinski definition) is 3. The first-order valence-electron chi connectivity index (χ1n) is 8.41. The van der Waals surface area contributed by atoms with E-state index in [-0.39, 0.29) is 12.5 Å². The molecule has 0 aliphatic carbocycles. The van der Waals surface area contributed by atoms with Gasteiger partial charge in [-0.25, -0.2) is 4.98 Å². The van der Waals surface area contributed by atoms with Crippen molar-refractivity contribution in [2.75, 3.05) is 18.9 Å². The second kappa shape index (κ2) is 9.78. The highest BCUT2D eigenvalue weighted by molar-refractivity contribution is 7.11. The van der Waals surface area contributed by atoms with Crippen LogP contribution in [0, 0.1) is 0 Å². The van der Waals surface area contributed by atoms with Crippen LogP contribution in [0.4, 0.5) is 5.69 Å². The fourth-order valence-corrected chi connectivity index (χ4v) is 3.01. The summed E-state index contributed by atoms with van der Waals surface area (Å²) < 4.78 is 0. The van der Waals surface area contributed by atoms with Crippen molar-refractivity contribution < 1.29 is 4.79 Å². The Balaban J connectivity index is 1.78. The Morgan fingerprint density at radius 3 is 2.76 bits per heavy atom. The van der Waals surface area contributed by atoms with E-state index in [2.05, 4.69) is 39.8 Å². The van der Waals surface area contributed by atoms with E-state index in [9.17, 15) is 4.79 Å². The number of aromatic nitrogens is 1. The molecule has 0 aliphatic rings. The highest BCUT2D eigenvalue weighted by Crippen LogP contribution is 2.13. The lowest BCUT2D eigenvalue weighted by Crippen LogP contribution is -2.41. The van der Waals surface area contributed by atoms with Crippen LogP contribution >= 0.6 is 11.3 Å². The molecular weight excluding hydrogens is 334 g/mol. The molecule has 134 valence electrons. The molecule has 0 radical (unpaired) electrons. The Kier molecular flexibility index (Phi) is 7.40. The molecule has 7 heteroatoms. The highest BCUT2D eigenvalue weighted by Gasteiger charge is 2.06. The first-order valence-corrected chi connectivity index (χ1v) is 9.23. The minimum absolute atomic E-state index is 0.112. The van der Waals surface area contributed by atoms with E-state index < -0.39 is 0 Å². The lowest BCUT2D eigenvalue weighted by Gasteiger charge is -2.11. The van der Waals surface area contributed by atoms with Gasteiger partial charge in [-0.05, 0) is 30.5 Å². The maximum atomic E-state index is 12.1. The summed E-state index contributed by atoms with van der Waals surface area (Å²) in [4.78, 5) is 21.8. The van der Waals surface area contributed by atoms with E-state index in [4.69, 9.17) is 0 Å². The average molecular weight is 359 g/mol. The maximum Gasteiger partial charge on any atom is 0.243 e. The van der Waals surface area contributed by atoms with Crippen LogP contribution < -0.4 is 16.0 Å². The number of hydrogen-bond acceptors (Lipinski definition) is 4.